The van der Waals surface area contributed by atoms with E-state index in [1.807, 2.05) is 0 Å². The van der Waals surface area contributed by atoms with Gasteiger partial charge in [0.25, 0.3) is 0 Å². The lowest BCUT2D eigenvalue weighted by atomic mass is 10.7. The Balaban J connectivity index is 3.31. The highest BCUT2D eigenvalue weighted by molar-refractivity contribution is 7.77. The summed E-state index contributed by atoms with van der Waals surface area (Å²) in [6.45, 7) is 0.186. The quantitative estimate of drug-likeness (QED) is 0.653. The first-order valence-electron chi connectivity index (χ1n) is 1.98. The van der Waals surface area contributed by atoms with Crippen molar-refractivity contribution < 1.29 is 8.76 Å². The number of rotatable bonds is 3. The summed E-state index contributed by atoms with van der Waals surface area (Å²) in [5, 5.41) is 0. The van der Waals surface area contributed by atoms with E-state index in [0.29, 0.717) is 0 Å². The van der Waals surface area contributed by atoms with Crippen LogP contribution in [0.5, 0.6) is 0 Å². The maximum absolute atomic E-state index is 9.87. The summed E-state index contributed by atoms with van der Waals surface area (Å²) in [5.41, 5.74) is 0. The van der Waals surface area contributed by atoms with Crippen molar-refractivity contribution in [1.29, 1.82) is 0 Å². The van der Waals surface area contributed by atoms with Gasteiger partial charge in [0.1, 0.15) is 4.49 Å². The molecule has 0 bridgehead atoms. The first-order chi connectivity index (χ1) is 4.13. The van der Waals surface area contributed by atoms with Crippen molar-refractivity contribution in [2.75, 3.05) is 6.54 Å². The normalized spacial score (nSPS) is 12.8. The molecule has 0 saturated carbocycles. The van der Waals surface area contributed by atoms with Crippen molar-refractivity contribution in [2.45, 2.75) is 0 Å². The lowest BCUT2D eigenvalue weighted by Crippen LogP contribution is -2.15. The van der Waals surface area contributed by atoms with E-state index in [2.05, 4.69) is 4.72 Å². The molecule has 0 radical (unpaired) electrons. The predicted molar refractivity (Wildman–Crippen MR) is 38.6 cm³/mol. The fourth-order valence-corrected chi connectivity index (χ4v) is 0.570. The van der Waals surface area contributed by atoms with Gasteiger partial charge >= 0.3 is 0 Å². The van der Waals surface area contributed by atoms with Crippen molar-refractivity contribution >= 4 is 34.5 Å². The summed E-state index contributed by atoms with van der Waals surface area (Å²) >= 11 is 8.34. The second-order valence-corrected chi connectivity index (χ2v) is 2.89. The van der Waals surface area contributed by atoms with Crippen LogP contribution >= 0.6 is 23.2 Å². The molecule has 0 fully saturated rings. The number of nitrogens with one attached hydrogen (secondary N) is 1. The Labute approximate surface area is 65.4 Å². The Morgan fingerprint density at radius 3 is 2.67 bits per heavy atom. The largest absolute Gasteiger partial charge is 0.294 e. The first kappa shape index (κ1) is 9.39. The molecule has 0 aliphatic carbocycles. The molecule has 3 nitrogen and oxygen atoms in total. The smallest absolute Gasteiger partial charge is 0.232 e. The fraction of sp³-hybridized carbons (Fsp3) is 0.333. The highest BCUT2D eigenvalue weighted by atomic mass is 35.5. The fourth-order valence-electron chi connectivity index (χ4n) is 0.190. The van der Waals surface area contributed by atoms with Gasteiger partial charge in [-0.1, -0.05) is 23.2 Å². The molecular weight excluding hydrogens is 185 g/mol. The van der Waals surface area contributed by atoms with Gasteiger partial charge in [-0.15, -0.1) is 0 Å². The highest BCUT2D eigenvalue weighted by Crippen LogP contribution is 2.03. The Bertz CT molecular complexity index is 134. The summed E-state index contributed by atoms with van der Waals surface area (Å²) in [5.74, 6) is 0. The van der Waals surface area contributed by atoms with E-state index in [9.17, 15) is 4.21 Å². The minimum Gasteiger partial charge on any atom is -0.294 e. The second kappa shape index (κ2) is 5.20. The van der Waals surface area contributed by atoms with Crippen LogP contribution in [-0.4, -0.2) is 15.3 Å². The van der Waals surface area contributed by atoms with Gasteiger partial charge in [0.05, 0.1) is 0 Å². The minimum absolute atomic E-state index is 0.0768. The van der Waals surface area contributed by atoms with Crippen LogP contribution in [0.15, 0.2) is 10.6 Å². The maximum Gasteiger partial charge on any atom is 0.232 e. The third kappa shape index (κ3) is 8.39. The molecular formula is C3H5Cl2NO2S. The van der Waals surface area contributed by atoms with Gasteiger partial charge in [0.2, 0.25) is 11.3 Å². The topological polar surface area (TPSA) is 49.3 Å². The zero-order valence-electron chi connectivity index (χ0n) is 4.30. The molecule has 9 heavy (non-hydrogen) atoms. The standard InChI is InChI=1S/C3H5Cl2NO2S/c4-3(5)1-2-6-9(7)8/h1,6H,2H2,(H,7,8). The predicted octanol–water partition coefficient (Wildman–Crippen LogP) is 1.03. The number of hydrogen-bond acceptors (Lipinski definition) is 1. The van der Waals surface area contributed by atoms with Gasteiger partial charge in [0, 0.05) is 6.54 Å². The molecule has 0 aromatic rings. The van der Waals surface area contributed by atoms with Crippen molar-refractivity contribution in [1.82, 2.24) is 4.72 Å². The summed E-state index contributed by atoms with van der Waals surface area (Å²) in [4.78, 5) is 0. The van der Waals surface area contributed by atoms with Gasteiger partial charge < -0.3 is 0 Å². The molecule has 0 heterocycles. The van der Waals surface area contributed by atoms with Gasteiger partial charge in [-0.05, 0) is 6.08 Å². The summed E-state index contributed by atoms with van der Waals surface area (Å²) < 4.78 is 20.2. The highest BCUT2D eigenvalue weighted by Gasteiger charge is 1.87. The van der Waals surface area contributed by atoms with Gasteiger partial charge in [-0.2, -0.15) is 0 Å². The third-order valence-corrected chi connectivity index (χ3v) is 1.19. The molecule has 0 aliphatic rings. The van der Waals surface area contributed by atoms with E-state index in [1.54, 1.807) is 0 Å². The average molecular weight is 190 g/mol. The van der Waals surface area contributed by atoms with E-state index in [1.165, 1.54) is 6.08 Å². The first-order valence-corrected chi connectivity index (χ1v) is 3.84. The van der Waals surface area contributed by atoms with Crippen LogP contribution in [-0.2, 0) is 11.3 Å². The lowest BCUT2D eigenvalue weighted by molar-refractivity contribution is 0.553. The monoisotopic (exact) mass is 189 g/mol. The molecule has 0 saturated heterocycles. The van der Waals surface area contributed by atoms with E-state index in [0.717, 1.165) is 0 Å². The number of hydrogen-bond donors (Lipinski definition) is 2. The van der Waals surface area contributed by atoms with Gasteiger partial charge in [-0.3, -0.25) is 4.55 Å². The summed E-state index contributed by atoms with van der Waals surface area (Å²) in [6, 6.07) is 0. The van der Waals surface area contributed by atoms with Crippen LogP contribution in [0.1, 0.15) is 0 Å². The van der Waals surface area contributed by atoms with Crippen LogP contribution in [0.25, 0.3) is 0 Å². The van der Waals surface area contributed by atoms with E-state index < -0.39 is 11.3 Å². The van der Waals surface area contributed by atoms with Crippen LogP contribution in [0, 0.1) is 0 Å². The third-order valence-electron chi connectivity index (χ3n) is 0.463. The maximum atomic E-state index is 9.87. The van der Waals surface area contributed by atoms with Crippen LogP contribution in [0.4, 0.5) is 0 Å². The Morgan fingerprint density at radius 1 is 1.78 bits per heavy atom. The summed E-state index contributed by atoms with van der Waals surface area (Å²) in [6.07, 6.45) is 1.37. The van der Waals surface area contributed by atoms with Crippen molar-refractivity contribution in [2.24, 2.45) is 0 Å². The zero-order chi connectivity index (χ0) is 7.28. The molecule has 0 rings (SSSR count). The van der Waals surface area contributed by atoms with Gasteiger partial charge in [-0.25, -0.2) is 8.93 Å². The molecule has 6 heteroatoms. The average Bonchev–Trinajstić information content (AvgIpc) is 1.63. The van der Waals surface area contributed by atoms with E-state index >= 15 is 0 Å². The van der Waals surface area contributed by atoms with Crippen LogP contribution < -0.4 is 4.72 Å². The molecule has 0 aromatic heterocycles. The van der Waals surface area contributed by atoms with E-state index in [-0.39, 0.29) is 11.0 Å². The molecule has 0 aliphatic heterocycles. The van der Waals surface area contributed by atoms with Gasteiger partial charge in [0.15, 0.2) is 0 Å². The second-order valence-electron chi connectivity index (χ2n) is 1.09. The lowest BCUT2D eigenvalue weighted by Gasteiger charge is -1.90. The van der Waals surface area contributed by atoms with Crippen LogP contribution in [0.3, 0.4) is 0 Å². The Kier molecular flexibility index (Phi) is 5.42. The zero-order valence-corrected chi connectivity index (χ0v) is 6.63. The number of halogens is 2. The molecule has 1 atom stereocenters. The van der Waals surface area contributed by atoms with Crippen molar-refractivity contribution in [3.63, 3.8) is 0 Å². The minimum atomic E-state index is -1.99. The molecule has 54 valence electrons. The SMILES string of the molecule is O=S(O)NCC=C(Cl)Cl. The summed E-state index contributed by atoms with van der Waals surface area (Å²) in [7, 11) is 0. The molecule has 0 aromatic carbocycles. The Hall–Kier alpha value is 0.390. The van der Waals surface area contributed by atoms with Crippen LogP contribution in [0.2, 0.25) is 0 Å². The molecule has 0 amide bonds. The molecule has 0 spiro atoms. The van der Waals surface area contributed by atoms with Crippen molar-refractivity contribution in [3.05, 3.63) is 10.6 Å². The van der Waals surface area contributed by atoms with Crippen molar-refractivity contribution in [3.8, 4) is 0 Å². The van der Waals surface area contributed by atoms with E-state index in [4.69, 9.17) is 27.8 Å². The Morgan fingerprint density at radius 2 is 2.33 bits per heavy atom. The molecule has 2 N–H and O–H groups in total. The molecule has 1 unspecified atom stereocenters.